The van der Waals surface area contributed by atoms with Gasteiger partial charge in [-0.1, -0.05) is 18.5 Å². The molecule has 0 aliphatic heterocycles. The fourth-order valence-corrected chi connectivity index (χ4v) is 1.69. The van der Waals surface area contributed by atoms with Gasteiger partial charge < -0.3 is 10.8 Å². The van der Waals surface area contributed by atoms with Gasteiger partial charge in [-0.15, -0.1) is 12.4 Å². The van der Waals surface area contributed by atoms with Gasteiger partial charge in [0.15, 0.2) is 0 Å². The first-order valence-electron chi connectivity index (χ1n) is 5.07. The average molecular weight is 304 g/mol. The average Bonchev–Trinajstić information content (AvgIpc) is 2.25. The van der Waals surface area contributed by atoms with Crippen molar-refractivity contribution >= 4 is 24.0 Å². The molecule has 1 aromatic rings. The van der Waals surface area contributed by atoms with Crippen LogP contribution in [0.1, 0.15) is 30.5 Å². The number of aliphatic hydroxyl groups excluding tert-OH is 1. The Morgan fingerprint density at radius 3 is 2.33 bits per heavy atom. The van der Waals surface area contributed by atoms with E-state index in [1.807, 2.05) is 0 Å². The van der Waals surface area contributed by atoms with E-state index in [9.17, 15) is 18.3 Å². The van der Waals surface area contributed by atoms with Gasteiger partial charge >= 0.3 is 6.18 Å². The first-order valence-corrected chi connectivity index (χ1v) is 5.44. The zero-order chi connectivity index (χ0) is 13.2. The van der Waals surface area contributed by atoms with Crippen LogP contribution in [0.15, 0.2) is 18.2 Å². The Hall–Kier alpha value is -0.490. The third-order valence-electron chi connectivity index (χ3n) is 2.47. The van der Waals surface area contributed by atoms with Crippen LogP contribution in [0.5, 0.6) is 0 Å². The van der Waals surface area contributed by atoms with Crippen LogP contribution in [0.3, 0.4) is 0 Å². The zero-order valence-corrected chi connectivity index (χ0v) is 11.1. The lowest BCUT2D eigenvalue weighted by molar-refractivity contribution is -0.137. The molecule has 0 saturated heterocycles. The van der Waals surface area contributed by atoms with E-state index in [4.69, 9.17) is 17.3 Å². The summed E-state index contributed by atoms with van der Waals surface area (Å²) >= 11 is 5.61. The molecule has 0 aliphatic rings. The Balaban J connectivity index is 0.00000289. The lowest BCUT2D eigenvalue weighted by atomic mass is 9.98. The van der Waals surface area contributed by atoms with Crippen molar-refractivity contribution in [1.82, 2.24) is 0 Å². The number of rotatable bonds is 3. The molecule has 0 bridgehead atoms. The molecule has 2 atom stereocenters. The van der Waals surface area contributed by atoms with Gasteiger partial charge in [0.1, 0.15) is 0 Å². The van der Waals surface area contributed by atoms with Crippen molar-refractivity contribution in [3.8, 4) is 0 Å². The van der Waals surface area contributed by atoms with Gasteiger partial charge in [-0.25, -0.2) is 0 Å². The van der Waals surface area contributed by atoms with E-state index < -0.39 is 23.9 Å². The predicted octanol–water partition coefficient (Wildman–Crippen LogP) is 3.55. The van der Waals surface area contributed by atoms with Crippen molar-refractivity contribution in [2.24, 2.45) is 5.73 Å². The molecule has 104 valence electrons. The summed E-state index contributed by atoms with van der Waals surface area (Å²) in [6.45, 7) is 1.69. The van der Waals surface area contributed by atoms with Crippen molar-refractivity contribution in [3.63, 3.8) is 0 Å². The Kier molecular flexibility index (Phi) is 6.43. The van der Waals surface area contributed by atoms with Crippen molar-refractivity contribution < 1.29 is 18.3 Å². The molecule has 0 radical (unpaired) electrons. The van der Waals surface area contributed by atoms with E-state index in [1.54, 1.807) is 6.92 Å². The second-order valence-corrected chi connectivity index (χ2v) is 4.21. The van der Waals surface area contributed by atoms with Crippen molar-refractivity contribution in [3.05, 3.63) is 34.3 Å². The summed E-state index contributed by atoms with van der Waals surface area (Å²) in [5.41, 5.74) is 4.97. The predicted molar refractivity (Wildman–Crippen MR) is 66.9 cm³/mol. The summed E-state index contributed by atoms with van der Waals surface area (Å²) in [7, 11) is 0. The molecule has 0 aliphatic carbocycles. The lowest BCUT2D eigenvalue weighted by Crippen LogP contribution is -2.25. The molecule has 7 heteroatoms. The zero-order valence-electron chi connectivity index (χ0n) is 9.54. The van der Waals surface area contributed by atoms with E-state index in [-0.39, 0.29) is 23.0 Å². The first kappa shape index (κ1) is 17.5. The highest BCUT2D eigenvalue weighted by Crippen LogP contribution is 2.33. The normalized spacial score (nSPS) is 14.8. The molecular weight excluding hydrogens is 290 g/mol. The van der Waals surface area contributed by atoms with Crippen molar-refractivity contribution in [2.45, 2.75) is 31.7 Å². The molecule has 0 heterocycles. The summed E-state index contributed by atoms with van der Waals surface area (Å²) in [6, 6.07) is 2.20. The lowest BCUT2D eigenvalue weighted by Gasteiger charge is -2.19. The minimum Gasteiger partial charge on any atom is -0.391 e. The smallest absolute Gasteiger partial charge is 0.391 e. The number of alkyl halides is 3. The summed E-state index contributed by atoms with van der Waals surface area (Å²) < 4.78 is 37.6. The van der Waals surface area contributed by atoms with Crippen LogP contribution in [0.2, 0.25) is 5.02 Å². The van der Waals surface area contributed by atoms with Crippen LogP contribution in [0.4, 0.5) is 13.2 Å². The maximum atomic E-state index is 12.5. The van der Waals surface area contributed by atoms with E-state index in [2.05, 4.69) is 0 Å². The fourth-order valence-electron chi connectivity index (χ4n) is 1.44. The summed E-state index contributed by atoms with van der Waals surface area (Å²) in [5, 5.41) is 9.47. The second-order valence-electron chi connectivity index (χ2n) is 3.77. The molecule has 18 heavy (non-hydrogen) atoms. The Morgan fingerprint density at radius 1 is 1.33 bits per heavy atom. The SMILES string of the molecule is CC[C@@H](O)[C@@H](N)c1cc(Cl)cc(C(F)(F)F)c1.Cl. The summed E-state index contributed by atoms with van der Waals surface area (Å²) in [4.78, 5) is 0. The fraction of sp³-hybridized carbons (Fsp3) is 0.455. The number of hydrogen-bond acceptors (Lipinski definition) is 2. The maximum Gasteiger partial charge on any atom is 0.416 e. The van der Waals surface area contributed by atoms with Gasteiger partial charge in [-0.3, -0.25) is 0 Å². The van der Waals surface area contributed by atoms with Gasteiger partial charge in [-0.05, 0) is 30.2 Å². The molecule has 0 spiro atoms. The Bertz CT molecular complexity index is 398. The van der Waals surface area contributed by atoms with Crippen LogP contribution >= 0.6 is 24.0 Å². The van der Waals surface area contributed by atoms with Crippen LogP contribution in [-0.4, -0.2) is 11.2 Å². The number of benzene rings is 1. The van der Waals surface area contributed by atoms with E-state index in [0.717, 1.165) is 12.1 Å². The molecule has 0 unspecified atom stereocenters. The van der Waals surface area contributed by atoms with E-state index in [0.29, 0.717) is 6.42 Å². The molecule has 0 aromatic heterocycles. The van der Waals surface area contributed by atoms with Crippen LogP contribution in [0.25, 0.3) is 0 Å². The number of nitrogens with two attached hydrogens (primary N) is 1. The standard InChI is InChI=1S/C11H13ClF3NO.ClH/c1-2-9(17)10(16)6-3-7(11(13,14)15)5-8(12)4-6;/h3-5,9-10,17H,2,16H2,1H3;1H/t9-,10+;/m1./s1. The highest BCUT2D eigenvalue weighted by molar-refractivity contribution is 6.30. The number of hydrogen-bond donors (Lipinski definition) is 2. The van der Waals surface area contributed by atoms with Crippen LogP contribution in [0, 0.1) is 0 Å². The van der Waals surface area contributed by atoms with Gasteiger partial charge in [0.05, 0.1) is 17.7 Å². The topological polar surface area (TPSA) is 46.2 Å². The Morgan fingerprint density at radius 2 is 1.89 bits per heavy atom. The second kappa shape index (κ2) is 6.61. The quantitative estimate of drug-likeness (QED) is 0.897. The molecule has 1 aromatic carbocycles. The largest absolute Gasteiger partial charge is 0.416 e. The minimum absolute atomic E-state index is 0. The highest BCUT2D eigenvalue weighted by atomic mass is 35.5. The molecule has 0 fully saturated rings. The third kappa shape index (κ3) is 4.31. The third-order valence-corrected chi connectivity index (χ3v) is 2.68. The first-order chi connectivity index (χ1) is 7.75. The van der Waals surface area contributed by atoms with Gasteiger partial charge in [0.25, 0.3) is 0 Å². The van der Waals surface area contributed by atoms with Crippen molar-refractivity contribution in [2.75, 3.05) is 0 Å². The number of halogens is 5. The van der Waals surface area contributed by atoms with E-state index >= 15 is 0 Å². The van der Waals surface area contributed by atoms with Gasteiger partial charge in [0.2, 0.25) is 0 Å². The maximum absolute atomic E-state index is 12.5. The minimum atomic E-state index is -4.48. The van der Waals surface area contributed by atoms with Gasteiger partial charge in [-0.2, -0.15) is 13.2 Å². The Labute approximate surface area is 114 Å². The molecule has 2 nitrogen and oxygen atoms in total. The molecule has 0 amide bonds. The molecule has 3 N–H and O–H groups in total. The summed E-state index contributed by atoms with van der Waals surface area (Å²) in [5.74, 6) is 0. The van der Waals surface area contributed by atoms with Gasteiger partial charge in [0, 0.05) is 5.02 Å². The van der Waals surface area contributed by atoms with Crippen LogP contribution in [-0.2, 0) is 6.18 Å². The highest BCUT2D eigenvalue weighted by Gasteiger charge is 2.32. The molecule has 1 rings (SSSR count). The van der Waals surface area contributed by atoms with Crippen molar-refractivity contribution in [1.29, 1.82) is 0 Å². The summed E-state index contributed by atoms with van der Waals surface area (Å²) in [6.07, 6.45) is -5.01. The molecular formula is C11H14Cl2F3NO. The van der Waals surface area contributed by atoms with Crippen LogP contribution < -0.4 is 5.73 Å². The molecule has 0 saturated carbocycles. The monoisotopic (exact) mass is 303 g/mol. The number of aliphatic hydroxyl groups is 1. The van der Waals surface area contributed by atoms with E-state index in [1.165, 1.54) is 6.07 Å².